The number of benzene rings is 2. The van der Waals surface area contributed by atoms with Gasteiger partial charge in [-0.1, -0.05) is 11.6 Å². The molecule has 192 valence electrons. The van der Waals surface area contributed by atoms with Crippen molar-refractivity contribution in [3.05, 3.63) is 64.4 Å². The number of hydrogen-bond acceptors (Lipinski definition) is 7. The van der Waals surface area contributed by atoms with E-state index < -0.39 is 33.3 Å². The van der Waals surface area contributed by atoms with E-state index in [1.54, 1.807) is 4.90 Å². The summed E-state index contributed by atoms with van der Waals surface area (Å²) in [4.78, 5) is 34.9. The molecule has 2 aliphatic rings. The van der Waals surface area contributed by atoms with E-state index in [0.717, 1.165) is 24.5 Å². The Bertz CT molecular complexity index is 1530. The summed E-state index contributed by atoms with van der Waals surface area (Å²) in [5.41, 5.74) is 0.340. The van der Waals surface area contributed by atoms with Crippen molar-refractivity contribution in [3.63, 3.8) is 0 Å². The Hall–Kier alpha value is -3.84. The van der Waals surface area contributed by atoms with Gasteiger partial charge < -0.3 is 14.9 Å². The first kappa shape index (κ1) is 24.8. The van der Waals surface area contributed by atoms with Crippen molar-refractivity contribution < 1.29 is 31.9 Å². The number of carbonyl (C=O) groups excluding carboxylic acids is 1. The highest BCUT2D eigenvalue weighted by Gasteiger charge is 2.34. The van der Waals surface area contributed by atoms with Crippen LogP contribution in [-0.4, -0.2) is 48.5 Å². The number of aromatic carboxylic acids is 1. The number of nitrogens with zero attached hydrogens (tertiary/aromatic N) is 4. The number of carboxylic acid groups (broad SMARTS) is 1. The lowest BCUT2D eigenvalue weighted by molar-refractivity contribution is -0.117. The topological polar surface area (TPSA) is 133 Å². The minimum atomic E-state index is -4.49. The Morgan fingerprint density at radius 3 is 2.30 bits per heavy atom. The van der Waals surface area contributed by atoms with Crippen molar-refractivity contribution in [2.24, 2.45) is 0 Å². The SMILES string of the molecule is O=C(O)c1cnc(N2CCc3cc(S(=O)(=O)Nc4c(F)cc(Cl)cc4F)cc(N4CCCC4=O)c32)nc1. The van der Waals surface area contributed by atoms with Crippen LogP contribution < -0.4 is 14.5 Å². The van der Waals surface area contributed by atoms with Crippen molar-refractivity contribution in [1.82, 2.24) is 9.97 Å². The molecule has 2 aromatic carbocycles. The summed E-state index contributed by atoms with van der Waals surface area (Å²) >= 11 is 5.63. The molecule has 5 rings (SSSR count). The number of amides is 1. The van der Waals surface area contributed by atoms with Crippen molar-refractivity contribution in [2.45, 2.75) is 24.2 Å². The van der Waals surface area contributed by atoms with Crippen molar-refractivity contribution >= 4 is 56.5 Å². The van der Waals surface area contributed by atoms with Crippen molar-refractivity contribution in [2.75, 3.05) is 27.6 Å². The van der Waals surface area contributed by atoms with E-state index in [9.17, 15) is 26.8 Å². The van der Waals surface area contributed by atoms with E-state index in [1.165, 1.54) is 17.0 Å². The largest absolute Gasteiger partial charge is 0.478 e. The van der Waals surface area contributed by atoms with Gasteiger partial charge in [-0.05, 0) is 42.7 Å². The maximum Gasteiger partial charge on any atom is 0.338 e. The van der Waals surface area contributed by atoms with Gasteiger partial charge in [-0.15, -0.1) is 0 Å². The van der Waals surface area contributed by atoms with Gasteiger partial charge in [0.1, 0.15) is 5.69 Å². The maximum atomic E-state index is 14.3. The molecular weight excluding hydrogens is 532 g/mol. The fraction of sp³-hybridized carbons (Fsp3) is 0.217. The second-order valence-electron chi connectivity index (χ2n) is 8.43. The first-order valence-electron chi connectivity index (χ1n) is 11.0. The fourth-order valence-electron chi connectivity index (χ4n) is 4.36. The highest BCUT2D eigenvalue weighted by molar-refractivity contribution is 7.92. The minimum absolute atomic E-state index is 0.104. The number of rotatable bonds is 6. The van der Waals surface area contributed by atoms with Crippen LogP contribution in [-0.2, 0) is 21.2 Å². The number of sulfonamides is 1. The van der Waals surface area contributed by atoms with Crippen LogP contribution in [0.2, 0.25) is 5.02 Å². The number of fused-ring (bicyclic) bond motifs is 1. The number of hydrogen-bond donors (Lipinski definition) is 2. The van der Waals surface area contributed by atoms with E-state index in [4.69, 9.17) is 16.7 Å². The molecule has 0 unspecified atom stereocenters. The van der Waals surface area contributed by atoms with Gasteiger partial charge in [0, 0.05) is 36.9 Å². The van der Waals surface area contributed by atoms with E-state index in [0.29, 0.717) is 37.2 Å². The van der Waals surface area contributed by atoms with E-state index in [1.807, 2.05) is 4.72 Å². The van der Waals surface area contributed by atoms with Crippen molar-refractivity contribution in [1.29, 1.82) is 0 Å². The van der Waals surface area contributed by atoms with E-state index >= 15 is 0 Å². The molecule has 0 radical (unpaired) electrons. The molecule has 14 heteroatoms. The number of carboxylic acids is 1. The molecule has 0 aliphatic carbocycles. The van der Waals surface area contributed by atoms with Crippen LogP contribution in [0.15, 0.2) is 41.6 Å². The second-order valence-corrected chi connectivity index (χ2v) is 10.5. The minimum Gasteiger partial charge on any atom is -0.478 e. The van der Waals surface area contributed by atoms with Gasteiger partial charge in [-0.3, -0.25) is 9.52 Å². The Labute approximate surface area is 214 Å². The first-order chi connectivity index (χ1) is 17.5. The maximum absolute atomic E-state index is 14.3. The van der Waals surface area contributed by atoms with Gasteiger partial charge in [-0.2, -0.15) is 0 Å². The zero-order chi connectivity index (χ0) is 26.5. The normalized spacial score (nSPS) is 15.3. The monoisotopic (exact) mass is 549 g/mol. The van der Waals surface area contributed by atoms with Gasteiger partial charge in [0.15, 0.2) is 11.6 Å². The summed E-state index contributed by atoms with van der Waals surface area (Å²) in [5.74, 6) is -3.59. The lowest BCUT2D eigenvalue weighted by Crippen LogP contribution is -2.27. The standard InChI is InChI=1S/C23H18ClF2N5O5S/c24-14-7-16(25)20(17(26)8-14)29-37(35,36)15-6-12-3-5-31(23-27-10-13(11-28-23)22(33)34)21(12)18(9-15)30-4-1-2-19(30)32/h6-11,29H,1-5H2,(H,33,34). The summed E-state index contributed by atoms with van der Waals surface area (Å²) in [6, 6.07) is 4.19. The van der Waals surface area contributed by atoms with Crippen LogP contribution in [0.3, 0.4) is 0 Å². The second kappa shape index (κ2) is 9.23. The summed E-state index contributed by atoms with van der Waals surface area (Å²) in [5, 5.41) is 8.89. The molecule has 1 saturated heterocycles. The third kappa shape index (κ3) is 4.55. The Balaban J connectivity index is 1.60. The molecule has 10 nitrogen and oxygen atoms in total. The molecule has 1 aromatic heterocycles. The molecule has 0 spiro atoms. The fourth-order valence-corrected chi connectivity index (χ4v) is 5.70. The van der Waals surface area contributed by atoms with Gasteiger partial charge in [-0.25, -0.2) is 32.0 Å². The van der Waals surface area contributed by atoms with Crippen LogP contribution in [0.1, 0.15) is 28.8 Å². The van der Waals surface area contributed by atoms with Crippen molar-refractivity contribution in [3.8, 4) is 0 Å². The number of anilines is 4. The zero-order valence-electron chi connectivity index (χ0n) is 18.9. The predicted molar refractivity (Wildman–Crippen MR) is 130 cm³/mol. The highest BCUT2D eigenvalue weighted by Crippen LogP contribution is 2.44. The average Bonchev–Trinajstić information content (AvgIpc) is 3.47. The average molecular weight is 550 g/mol. The van der Waals surface area contributed by atoms with Crippen LogP contribution in [0.5, 0.6) is 0 Å². The molecule has 0 atom stereocenters. The quantitative estimate of drug-likeness (QED) is 0.475. The Morgan fingerprint density at radius 1 is 1.03 bits per heavy atom. The van der Waals surface area contributed by atoms with E-state index in [-0.39, 0.29) is 39.4 Å². The van der Waals surface area contributed by atoms with Gasteiger partial charge >= 0.3 is 5.97 Å². The molecular formula is C23H18ClF2N5O5S. The number of aromatic nitrogens is 2. The molecule has 3 aromatic rings. The molecule has 2 aliphatic heterocycles. The number of carbonyl (C=O) groups is 2. The third-order valence-electron chi connectivity index (χ3n) is 6.06. The van der Waals surface area contributed by atoms with E-state index in [2.05, 4.69) is 9.97 Å². The number of halogens is 3. The molecule has 0 bridgehead atoms. The predicted octanol–water partition coefficient (Wildman–Crippen LogP) is 3.73. The Morgan fingerprint density at radius 2 is 1.70 bits per heavy atom. The smallest absolute Gasteiger partial charge is 0.338 e. The molecule has 1 fully saturated rings. The molecule has 37 heavy (non-hydrogen) atoms. The third-order valence-corrected chi connectivity index (χ3v) is 7.61. The molecule has 1 amide bonds. The van der Waals surface area contributed by atoms with Crippen LogP contribution in [0.25, 0.3) is 0 Å². The summed E-state index contributed by atoms with van der Waals surface area (Å²) in [6.07, 6.45) is 3.49. The van der Waals surface area contributed by atoms with Crippen LogP contribution in [0, 0.1) is 11.6 Å². The molecule has 0 saturated carbocycles. The summed E-state index contributed by atoms with van der Waals surface area (Å²) in [7, 11) is -4.49. The lowest BCUT2D eigenvalue weighted by Gasteiger charge is -2.26. The van der Waals surface area contributed by atoms with Gasteiger partial charge in [0.2, 0.25) is 11.9 Å². The zero-order valence-corrected chi connectivity index (χ0v) is 20.5. The first-order valence-corrected chi connectivity index (χ1v) is 12.9. The molecule has 3 heterocycles. The van der Waals surface area contributed by atoms with Crippen LogP contribution in [0.4, 0.5) is 31.8 Å². The van der Waals surface area contributed by atoms with Crippen LogP contribution >= 0.6 is 11.6 Å². The Kier molecular flexibility index (Phi) is 6.20. The summed E-state index contributed by atoms with van der Waals surface area (Å²) < 4.78 is 57.0. The number of nitrogens with one attached hydrogen (secondary N) is 1. The molecule has 2 N–H and O–H groups in total. The summed E-state index contributed by atoms with van der Waals surface area (Å²) in [6.45, 7) is 0.670. The highest BCUT2D eigenvalue weighted by atomic mass is 35.5. The van der Waals surface area contributed by atoms with Gasteiger partial charge in [0.05, 0.1) is 21.8 Å². The lowest BCUT2D eigenvalue weighted by atomic mass is 10.1. The van der Waals surface area contributed by atoms with Gasteiger partial charge in [0.25, 0.3) is 10.0 Å².